The number of halogens is 3. The monoisotopic (exact) mass is 616 g/mol. The van der Waals surface area contributed by atoms with E-state index >= 15 is 4.39 Å². The van der Waals surface area contributed by atoms with Gasteiger partial charge in [0, 0.05) is 30.5 Å². The molecule has 7 rings (SSSR count). The number of para-hydroxylation sites is 1. The Morgan fingerprint density at radius 1 is 1.09 bits per heavy atom. The molecule has 2 atom stereocenters. The summed E-state index contributed by atoms with van der Waals surface area (Å²) < 4.78 is 50.7. The molecule has 1 N–H and O–H groups in total. The first-order valence-electron chi connectivity index (χ1n) is 14.2. The van der Waals surface area contributed by atoms with E-state index in [0.29, 0.717) is 63.8 Å². The highest BCUT2D eigenvalue weighted by Gasteiger charge is 2.42. The zero-order valence-electron chi connectivity index (χ0n) is 23.9. The van der Waals surface area contributed by atoms with Gasteiger partial charge in [0.25, 0.3) is 5.79 Å². The third-order valence-electron chi connectivity index (χ3n) is 8.32. The molecule has 44 heavy (non-hydrogen) atoms. The second kappa shape index (κ2) is 10.6. The molecule has 10 heteroatoms. The lowest BCUT2D eigenvalue weighted by atomic mass is 9.96. The summed E-state index contributed by atoms with van der Waals surface area (Å²) in [5.74, 6) is -2.04. The molecule has 7 nitrogen and oxygen atoms in total. The lowest BCUT2D eigenvalue weighted by Crippen LogP contribution is -2.32. The zero-order valence-corrected chi connectivity index (χ0v) is 24.6. The van der Waals surface area contributed by atoms with E-state index < -0.39 is 23.4 Å². The number of aromatic carboxylic acids is 1. The van der Waals surface area contributed by atoms with Crippen LogP contribution in [0.25, 0.3) is 22.2 Å². The quantitative estimate of drug-likeness (QED) is 0.202. The number of nitrogens with zero attached hydrogens (tertiary/aromatic N) is 2. The van der Waals surface area contributed by atoms with E-state index in [0.717, 1.165) is 6.42 Å². The van der Waals surface area contributed by atoms with Crippen molar-refractivity contribution in [3.63, 3.8) is 0 Å². The van der Waals surface area contributed by atoms with Crippen molar-refractivity contribution in [2.45, 2.75) is 45.1 Å². The van der Waals surface area contributed by atoms with Crippen molar-refractivity contribution in [2.24, 2.45) is 0 Å². The van der Waals surface area contributed by atoms with Gasteiger partial charge in [-0.3, -0.25) is 0 Å². The Balaban J connectivity index is 1.23. The van der Waals surface area contributed by atoms with Crippen molar-refractivity contribution < 1.29 is 32.9 Å². The lowest BCUT2D eigenvalue weighted by Gasteiger charge is -2.27. The zero-order chi connectivity index (χ0) is 30.7. The predicted octanol–water partition coefficient (Wildman–Crippen LogP) is 7.67. The summed E-state index contributed by atoms with van der Waals surface area (Å²) in [6.07, 6.45) is 1.07. The standard InChI is InChI=1S/C34H27ClF2N2O5/c1-18-12-20(23-4-3-5-30-32(23)44-34(2,43-30)25-8-7-21(35)15-27(25)37)13-26(36)24(18)16-31-38-28-9-6-19(33(40)41)14-29(28)39(31)17-22-10-11-42-22/h3-9,12-15,22H,10-11,16-17H2,1-2H3,(H,40,41). The molecule has 4 aromatic carbocycles. The van der Waals surface area contributed by atoms with E-state index in [-0.39, 0.29) is 28.7 Å². The second-order valence-corrected chi connectivity index (χ2v) is 11.7. The lowest BCUT2D eigenvalue weighted by molar-refractivity contribution is -0.0705. The van der Waals surface area contributed by atoms with Crippen molar-refractivity contribution in [3.8, 4) is 22.6 Å². The van der Waals surface area contributed by atoms with Crippen LogP contribution in [0.3, 0.4) is 0 Å². The molecule has 1 saturated heterocycles. The number of fused-ring (bicyclic) bond motifs is 2. The third kappa shape index (κ3) is 4.86. The molecule has 224 valence electrons. The van der Waals surface area contributed by atoms with Crippen LogP contribution in [-0.4, -0.2) is 33.3 Å². The minimum atomic E-state index is -1.44. The molecule has 5 aromatic rings. The van der Waals surface area contributed by atoms with Gasteiger partial charge in [-0.2, -0.15) is 0 Å². The maximum Gasteiger partial charge on any atom is 0.335 e. The van der Waals surface area contributed by atoms with Crippen LogP contribution in [0.2, 0.25) is 5.02 Å². The highest BCUT2D eigenvalue weighted by Crippen LogP contribution is 2.50. The average Bonchev–Trinajstić information content (AvgIpc) is 3.48. The van der Waals surface area contributed by atoms with Crippen molar-refractivity contribution in [1.82, 2.24) is 9.55 Å². The number of hydrogen-bond acceptors (Lipinski definition) is 5. The number of hydrogen-bond donors (Lipinski definition) is 1. The molecule has 1 aromatic heterocycles. The van der Waals surface area contributed by atoms with Crippen molar-refractivity contribution in [2.75, 3.05) is 6.61 Å². The van der Waals surface area contributed by atoms with Crippen LogP contribution in [0.4, 0.5) is 8.78 Å². The van der Waals surface area contributed by atoms with Gasteiger partial charge >= 0.3 is 5.97 Å². The fourth-order valence-corrected chi connectivity index (χ4v) is 6.07. The maximum atomic E-state index is 16.0. The number of carbonyl (C=O) groups is 1. The predicted molar refractivity (Wildman–Crippen MR) is 160 cm³/mol. The molecule has 0 aliphatic carbocycles. The second-order valence-electron chi connectivity index (χ2n) is 11.3. The highest BCUT2D eigenvalue weighted by atomic mass is 35.5. The highest BCUT2D eigenvalue weighted by molar-refractivity contribution is 6.30. The first-order valence-corrected chi connectivity index (χ1v) is 14.6. The Morgan fingerprint density at radius 2 is 1.91 bits per heavy atom. The smallest absolute Gasteiger partial charge is 0.335 e. The first kappa shape index (κ1) is 28.3. The van der Waals surface area contributed by atoms with Gasteiger partial charge in [0.1, 0.15) is 17.5 Å². The van der Waals surface area contributed by atoms with Crippen LogP contribution in [0.5, 0.6) is 11.5 Å². The Labute approximate surface area is 256 Å². The molecule has 2 aliphatic heterocycles. The van der Waals surface area contributed by atoms with E-state index in [2.05, 4.69) is 0 Å². The van der Waals surface area contributed by atoms with Gasteiger partial charge in [-0.05, 0) is 78.6 Å². The van der Waals surface area contributed by atoms with Crippen molar-refractivity contribution in [1.29, 1.82) is 0 Å². The minimum absolute atomic E-state index is 0.0117. The fourth-order valence-electron chi connectivity index (χ4n) is 5.91. The summed E-state index contributed by atoms with van der Waals surface area (Å²) >= 11 is 5.95. The number of imidazole rings is 1. The van der Waals surface area contributed by atoms with Gasteiger partial charge in [-0.1, -0.05) is 29.8 Å². The largest absolute Gasteiger partial charge is 0.478 e. The number of carboxylic acid groups (broad SMARTS) is 1. The average molecular weight is 617 g/mol. The van der Waals surface area contributed by atoms with Gasteiger partial charge in [0.2, 0.25) is 0 Å². The van der Waals surface area contributed by atoms with Gasteiger partial charge in [-0.25, -0.2) is 18.6 Å². The summed E-state index contributed by atoms with van der Waals surface area (Å²) in [5, 5.41) is 9.79. The molecule has 0 amide bonds. The molecule has 3 heterocycles. The molecule has 2 unspecified atom stereocenters. The van der Waals surface area contributed by atoms with Crippen LogP contribution in [-0.2, 0) is 23.5 Å². The first-order chi connectivity index (χ1) is 21.1. The van der Waals surface area contributed by atoms with Crippen LogP contribution in [0, 0.1) is 18.6 Å². The van der Waals surface area contributed by atoms with Crippen molar-refractivity contribution in [3.05, 3.63) is 111 Å². The molecule has 0 saturated carbocycles. The van der Waals surface area contributed by atoms with Crippen LogP contribution in [0.15, 0.2) is 66.7 Å². The van der Waals surface area contributed by atoms with Gasteiger partial charge < -0.3 is 23.9 Å². The topological polar surface area (TPSA) is 82.8 Å². The van der Waals surface area contributed by atoms with Gasteiger partial charge in [0.15, 0.2) is 11.5 Å². The Kier molecular flexibility index (Phi) is 6.82. The Hall–Kier alpha value is -4.47. The van der Waals surface area contributed by atoms with E-state index in [1.165, 1.54) is 24.3 Å². The number of aryl methyl sites for hydroxylation is 1. The molecular weight excluding hydrogens is 590 g/mol. The van der Waals surface area contributed by atoms with Gasteiger partial charge in [-0.15, -0.1) is 0 Å². The summed E-state index contributed by atoms with van der Waals surface area (Å²) in [6.45, 7) is 4.63. The van der Waals surface area contributed by atoms with Crippen molar-refractivity contribution >= 4 is 28.6 Å². The number of carboxylic acids is 1. The fraction of sp³-hybridized carbons (Fsp3) is 0.235. The molecule has 1 fully saturated rings. The van der Waals surface area contributed by atoms with Crippen LogP contribution in [0.1, 0.15) is 46.2 Å². The Morgan fingerprint density at radius 3 is 2.61 bits per heavy atom. The number of ether oxygens (including phenoxy) is 3. The van der Waals surface area contributed by atoms with E-state index in [4.69, 9.17) is 30.8 Å². The summed E-state index contributed by atoms with van der Waals surface area (Å²) in [6, 6.07) is 17.7. The SMILES string of the molecule is Cc1cc(-c2cccc3c2OC(C)(c2ccc(Cl)cc2F)O3)cc(F)c1Cc1nc2ccc(C(=O)O)cc2n1CC1CCO1. The van der Waals surface area contributed by atoms with E-state index in [1.54, 1.807) is 43.3 Å². The normalized spacial score (nSPS) is 18.9. The molecule has 0 radical (unpaired) electrons. The molecule has 2 aliphatic rings. The van der Waals surface area contributed by atoms with Gasteiger partial charge in [0.05, 0.1) is 34.8 Å². The van der Waals surface area contributed by atoms with E-state index in [1.807, 2.05) is 17.6 Å². The summed E-state index contributed by atoms with van der Waals surface area (Å²) in [5.41, 5.74) is 4.00. The Bertz CT molecular complexity index is 1950. The van der Waals surface area contributed by atoms with Crippen LogP contribution >= 0.6 is 11.6 Å². The number of rotatable bonds is 7. The molecular formula is C34H27ClF2N2O5. The molecule has 0 spiro atoms. The molecule has 0 bridgehead atoms. The number of aromatic nitrogens is 2. The maximum absolute atomic E-state index is 16.0. The van der Waals surface area contributed by atoms with Crippen LogP contribution < -0.4 is 9.47 Å². The minimum Gasteiger partial charge on any atom is -0.478 e. The summed E-state index contributed by atoms with van der Waals surface area (Å²) in [7, 11) is 0. The third-order valence-corrected chi connectivity index (χ3v) is 8.55. The number of benzene rings is 4. The summed E-state index contributed by atoms with van der Waals surface area (Å²) in [4.78, 5) is 16.4. The van der Waals surface area contributed by atoms with E-state index in [9.17, 15) is 14.3 Å².